The number of nitrogens with zero attached hydrogens (tertiary/aromatic N) is 1. The van der Waals surface area contributed by atoms with Crippen LogP contribution in [0.1, 0.15) is 37.5 Å². The molecule has 0 bridgehead atoms. The van der Waals surface area contributed by atoms with Crippen molar-refractivity contribution in [2.24, 2.45) is 5.73 Å². The molecular weight excluding hydrogens is 196 g/mol. The molecule has 2 N–H and O–H groups in total. The van der Waals surface area contributed by atoms with Gasteiger partial charge in [0, 0.05) is 19.1 Å². The summed E-state index contributed by atoms with van der Waals surface area (Å²) < 4.78 is 0. The van der Waals surface area contributed by atoms with Crippen molar-refractivity contribution in [1.82, 2.24) is 4.90 Å². The molecule has 0 fully saturated rings. The van der Waals surface area contributed by atoms with Gasteiger partial charge in [0.15, 0.2) is 0 Å². The van der Waals surface area contributed by atoms with Crippen LogP contribution in [-0.4, -0.2) is 17.5 Å². The Kier molecular flexibility index (Phi) is 4.97. The van der Waals surface area contributed by atoms with Crippen molar-refractivity contribution in [1.29, 1.82) is 0 Å². The third-order valence-corrected chi connectivity index (χ3v) is 3.15. The molecule has 90 valence electrons. The summed E-state index contributed by atoms with van der Waals surface area (Å²) in [5.74, 6) is 0. The molecule has 0 unspecified atom stereocenters. The van der Waals surface area contributed by atoms with Crippen molar-refractivity contribution in [2.45, 2.75) is 46.8 Å². The van der Waals surface area contributed by atoms with Crippen LogP contribution in [-0.2, 0) is 13.1 Å². The van der Waals surface area contributed by atoms with Crippen LogP contribution in [0.4, 0.5) is 0 Å². The largest absolute Gasteiger partial charge is 0.326 e. The Bertz CT molecular complexity index is 332. The van der Waals surface area contributed by atoms with Gasteiger partial charge in [-0.25, -0.2) is 0 Å². The zero-order valence-corrected chi connectivity index (χ0v) is 11.0. The van der Waals surface area contributed by atoms with E-state index in [1.807, 2.05) is 0 Å². The summed E-state index contributed by atoms with van der Waals surface area (Å²) >= 11 is 0. The van der Waals surface area contributed by atoms with Crippen molar-refractivity contribution in [3.05, 3.63) is 34.9 Å². The van der Waals surface area contributed by atoms with Gasteiger partial charge in [0.2, 0.25) is 0 Å². The van der Waals surface area contributed by atoms with Gasteiger partial charge >= 0.3 is 0 Å². The first kappa shape index (κ1) is 13.2. The summed E-state index contributed by atoms with van der Waals surface area (Å²) in [6.07, 6.45) is 0. The second-order valence-electron chi connectivity index (χ2n) is 4.62. The minimum Gasteiger partial charge on any atom is -0.326 e. The van der Waals surface area contributed by atoms with E-state index < -0.39 is 0 Å². The van der Waals surface area contributed by atoms with Crippen molar-refractivity contribution in [3.63, 3.8) is 0 Å². The fraction of sp³-hybridized carbons (Fsp3) is 0.571. The SMILES string of the molecule is CCN(Cc1ccc(CN)cc1C)C(C)C. The van der Waals surface area contributed by atoms with Gasteiger partial charge in [-0.1, -0.05) is 25.1 Å². The molecule has 0 heterocycles. The maximum atomic E-state index is 5.63. The first-order chi connectivity index (χ1) is 7.58. The van der Waals surface area contributed by atoms with Gasteiger partial charge in [-0.05, 0) is 44.0 Å². The normalized spacial score (nSPS) is 11.4. The molecule has 0 saturated carbocycles. The predicted octanol–water partition coefficient (Wildman–Crippen LogP) is 2.68. The Morgan fingerprint density at radius 3 is 2.44 bits per heavy atom. The molecule has 0 aliphatic rings. The molecule has 0 atom stereocenters. The molecule has 1 aromatic rings. The lowest BCUT2D eigenvalue weighted by Crippen LogP contribution is -2.30. The maximum absolute atomic E-state index is 5.63. The van der Waals surface area contributed by atoms with Crippen molar-refractivity contribution in [3.8, 4) is 0 Å². The Hall–Kier alpha value is -0.860. The molecule has 1 rings (SSSR count). The quantitative estimate of drug-likeness (QED) is 0.826. The molecule has 0 saturated heterocycles. The van der Waals surface area contributed by atoms with E-state index in [-0.39, 0.29) is 0 Å². The lowest BCUT2D eigenvalue weighted by molar-refractivity contribution is 0.224. The van der Waals surface area contributed by atoms with E-state index in [1.165, 1.54) is 16.7 Å². The van der Waals surface area contributed by atoms with E-state index in [9.17, 15) is 0 Å². The fourth-order valence-corrected chi connectivity index (χ4v) is 1.94. The minimum absolute atomic E-state index is 0.596. The monoisotopic (exact) mass is 220 g/mol. The molecule has 2 nitrogen and oxygen atoms in total. The summed E-state index contributed by atoms with van der Waals surface area (Å²) in [4.78, 5) is 2.46. The fourth-order valence-electron chi connectivity index (χ4n) is 1.94. The average Bonchev–Trinajstić information content (AvgIpc) is 2.26. The average molecular weight is 220 g/mol. The summed E-state index contributed by atoms with van der Waals surface area (Å²) in [5.41, 5.74) is 9.61. The molecule has 0 aromatic heterocycles. The third-order valence-electron chi connectivity index (χ3n) is 3.15. The van der Waals surface area contributed by atoms with E-state index in [4.69, 9.17) is 5.73 Å². The molecule has 16 heavy (non-hydrogen) atoms. The highest BCUT2D eigenvalue weighted by Crippen LogP contribution is 2.14. The molecule has 0 amide bonds. The minimum atomic E-state index is 0.596. The van der Waals surface area contributed by atoms with E-state index >= 15 is 0 Å². The second-order valence-corrected chi connectivity index (χ2v) is 4.62. The summed E-state index contributed by atoms with van der Waals surface area (Å²) in [6.45, 7) is 11.6. The van der Waals surface area contributed by atoms with Crippen LogP contribution >= 0.6 is 0 Å². The topological polar surface area (TPSA) is 29.3 Å². The highest BCUT2D eigenvalue weighted by molar-refractivity contribution is 5.31. The number of rotatable bonds is 5. The van der Waals surface area contributed by atoms with Crippen LogP contribution in [0.15, 0.2) is 18.2 Å². The van der Waals surface area contributed by atoms with Crippen molar-refractivity contribution < 1.29 is 0 Å². The van der Waals surface area contributed by atoms with Crippen LogP contribution in [0.5, 0.6) is 0 Å². The van der Waals surface area contributed by atoms with Crippen molar-refractivity contribution >= 4 is 0 Å². The van der Waals surface area contributed by atoms with Gasteiger partial charge in [-0.3, -0.25) is 4.90 Å². The zero-order valence-electron chi connectivity index (χ0n) is 11.0. The lowest BCUT2D eigenvalue weighted by Gasteiger charge is -2.25. The number of hydrogen-bond acceptors (Lipinski definition) is 2. The van der Waals surface area contributed by atoms with Crippen molar-refractivity contribution in [2.75, 3.05) is 6.54 Å². The van der Waals surface area contributed by atoms with Gasteiger partial charge in [-0.15, -0.1) is 0 Å². The summed E-state index contributed by atoms with van der Waals surface area (Å²) in [7, 11) is 0. The zero-order chi connectivity index (χ0) is 12.1. The number of nitrogens with two attached hydrogens (primary N) is 1. The van der Waals surface area contributed by atoms with Gasteiger partial charge in [0.25, 0.3) is 0 Å². The highest BCUT2D eigenvalue weighted by atomic mass is 15.1. The molecule has 0 spiro atoms. The van der Waals surface area contributed by atoms with E-state index in [2.05, 4.69) is 50.8 Å². The first-order valence-electron chi connectivity index (χ1n) is 6.11. The first-order valence-corrected chi connectivity index (χ1v) is 6.11. The predicted molar refractivity (Wildman–Crippen MR) is 70.3 cm³/mol. The molecule has 0 aliphatic carbocycles. The van der Waals surface area contributed by atoms with Crippen LogP contribution in [0.2, 0.25) is 0 Å². The summed E-state index contributed by atoms with van der Waals surface area (Å²) in [6, 6.07) is 7.14. The third kappa shape index (κ3) is 3.32. The van der Waals surface area contributed by atoms with Crippen LogP contribution in [0.25, 0.3) is 0 Å². The van der Waals surface area contributed by atoms with E-state index in [1.54, 1.807) is 0 Å². The van der Waals surface area contributed by atoms with Crippen LogP contribution in [0.3, 0.4) is 0 Å². The lowest BCUT2D eigenvalue weighted by atomic mass is 10.0. The number of aryl methyl sites for hydroxylation is 1. The molecule has 0 aliphatic heterocycles. The second kappa shape index (κ2) is 6.02. The number of benzene rings is 1. The maximum Gasteiger partial charge on any atom is 0.0238 e. The standard InChI is InChI=1S/C14H24N2/c1-5-16(11(2)3)10-14-7-6-13(9-15)8-12(14)4/h6-8,11H,5,9-10,15H2,1-4H3. The Labute approximate surface area is 99.5 Å². The smallest absolute Gasteiger partial charge is 0.0238 e. The molecule has 2 heteroatoms. The molecular formula is C14H24N2. The Morgan fingerprint density at radius 2 is 2.00 bits per heavy atom. The molecule has 1 aromatic carbocycles. The summed E-state index contributed by atoms with van der Waals surface area (Å²) in [5, 5.41) is 0. The highest BCUT2D eigenvalue weighted by Gasteiger charge is 2.09. The molecule has 0 radical (unpaired) electrons. The van der Waals surface area contributed by atoms with Crippen LogP contribution in [0, 0.1) is 6.92 Å². The Balaban J connectivity index is 2.80. The number of hydrogen-bond donors (Lipinski definition) is 1. The van der Waals surface area contributed by atoms with Gasteiger partial charge < -0.3 is 5.73 Å². The Morgan fingerprint density at radius 1 is 1.31 bits per heavy atom. The van der Waals surface area contributed by atoms with Gasteiger partial charge in [-0.2, -0.15) is 0 Å². The van der Waals surface area contributed by atoms with Crippen LogP contribution < -0.4 is 5.73 Å². The van der Waals surface area contributed by atoms with E-state index in [0.717, 1.165) is 13.1 Å². The van der Waals surface area contributed by atoms with E-state index in [0.29, 0.717) is 12.6 Å². The van der Waals surface area contributed by atoms with Gasteiger partial charge in [0.1, 0.15) is 0 Å². The van der Waals surface area contributed by atoms with Gasteiger partial charge in [0.05, 0.1) is 0 Å².